The van der Waals surface area contributed by atoms with Crippen LogP contribution in [-0.2, 0) is 4.79 Å². The fourth-order valence-electron chi connectivity index (χ4n) is 2.05. The van der Waals surface area contributed by atoms with Gasteiger partial charge in [0.1, 0.15) is 0 Å². The molecule has 1 amide bonds. The van der Waals surface area contributed by atoms with E-state index in [0.29, 0.717) is 18.8 Å². The molecule has 1 aromatic rings. The smallest absolute Gasteiger partial charge is 0.220 e. The fourth-order valence-corrected chi connectivity index (χ4v) is 2.05. The zero-order valence-electron chi connectivity index (χ0n) is 9.93. The fraction of sp³-hybridized carbons (Fsp3) is 0.500. The van der Waals surface area contributed by atoms with Crippen molar-refractivity contribution in [1.82, 2.24) is 5.32 Å². The van der Waals surface area contributed by atoms with E-state index in [1.807, 2.05) is 18.2 Å². The summed E-state index contributed by atoms with van der Waals surface area (Å²) >= 11 is 0. The van der Waals surface area contributed by atoms with Crippen LogP contribution in [0, 0.1) is 5.92 Å². The molecule has 0 radical (unpaired) electrons. The molecule has 0 spiro atoms. The first-order valence-electron chi connectivity index (χ1n) is 6.26. The lowest BCUT2D eigenvalue weighted by Gasteiger charge is -2.18. The maximum Gasteiger partial charge on any atom is 0.220 e. The molecule has 17 heavy (non-hydrogen) atoms. The monoisotopic (exact) mass is 233 g/mol. The van der Waals surface area contributed by atoms with Gasteiger partial charge in [-0.3, -0.25) is 4.79 Å². The van der Waals surface area contributed by atoms with Crippen molar-refractivity contribution >= 4 is 5.91 Å². The van der Waals surface area contributed by atoms with Crippen LogP contribution < -0.4 is 5.32 Å². The molecule has 1 aliphatic carbocycles. The number of hydrogen-bond donors (Lipinski definition) is 2. The van der Waals surface area contributed by atoms with Crippen LogP contribution >= 0.6 is 0 Å². The van der Waals surface area contributed by atoms with Gasteiger partial charge in [0.05, 0.1) is 6.04 Å². The number of carbonyl (C=O) groups excluding carboxylic acids is 1. The molecule has 1 aliphatic rings. The van der Waals surface area contributed by atoms with Crippen LogP contribution in [0.4, 0.5) is 0 Å². The highest BCUT2D eigenvalue weighted by molar-refractivity contribution is 5.76. The number of aliphatic hydroxyl groups is 1. The number of carbonyl (C=O) groups is 1. The van der Waals surface area contributed by atoms with Crippen molar-refractivity contribution in [3.8, 4) is 0 Å². The van der Waals surface area contributed by atoms with Gasteiger partial charge in [0, 0.05) is 13.0 Å². The standard InChI is InChI=1S/C14H19NO2/c16-10-4-7-13(17)15-14(12-8-9-12)11-5-2-1-3-6-11/h1-3,5-6,12,14,16H,4,7-10H2,(H,15,17). The summed E-state index contributed by atoms with van der Waals surface area (Å²) in [6, 6.07) is 10.3. The van der Waals surface area contributed by atoms with Crippen LogP contribution in [0.2, 0.25) is 0 Å². The molecule has 3 heteroatoms. The van der Waals surface area contributed by atoms with Crippen molar-refractivity contribution in [1.29, 1.82) is 0 Å². The summed E-state index contributed by atoms with van der Waals surface area (Å²) in [5, 5.41) is 11.8. The minimum Gasteiger partial charge on any atom is -0.396 e. The largest absolute Gasteiger partial charge is 0.396 e. The molecule has 1 atom stereocenters. The lowest BCUT2D eigenvalue weighted by Crippen LogP contribution is -2.29. The highest BCUT2D eigenvalue weighted by atomic mass is 16.3. The molecular formula is C14H19NO2. The van der Waals surface area contributed by atoms with Gasteiger partial charge in [-0.1, -0.05) is 30.3 Å². The summed E-state index contributed by atoms with van der Waals surface area (Å²) in [7, 11) is 0. The molecule has 0 aliphatic heterocycles. The van der Waals surface area contributed by atoms with Crippen molar-refractivity contribution < 1.29 is 9.90 Å². The molecule has 0 bridgehead atoms. The Hall–Kier alpha value is -1.35. The molecule has 1 unspecified atom stereocenters. The summed E-state index contributed by atoms with van der Waals surface area (Å²) in [5.74, 6) is 0.635. The van der Waals surface area contributed by atoms with Crippen LogP contribution in [0.15, 0.2) is 30.3 Å². The second-order valence-corrected chi connectivity index (χ2v) is 4.62. The Morgan fingerprint density at radius 3 is 2.65 bits per heavy atom. The van der Waals surface area contributed by atoms with E-state index in [1.54, 1.807) is 0 Å². The third-order valence-electron chi connectivity index (χ3n) is 3.13. The van der Waals surface area contributed by atoms with Gasteiger partial charge in [-0.25, -0.2) is 0 Å². The lowest BCUT2D eigenvalue weighted by atomic mass is 10.0. The van der Waals surface area contributed by atoms with Gasteiger partial charge in [0.25, 0.3) is 0 Å². The Bertz CT molecular complexity index is 360. The molecule has 0 saturated heterocycles. The summed E-state index contributed by atoms with van der Waals surface area (Å²) < 4.78 is 0. The maximum atomic E-state index is 11.7. The van der Waals surface area contributed by atoms with Gasteiger partial charge in [-0.2, -0.15) is 0 Å². The van der Waals surface area contributed by atoms with E-state index < -0.39 is 0 Å². The number of aliphatic hydroxyl groups excluding tert-OH is 1. The second-order valence-electron chi connectivity index (χ2n) is 4.62. The number of amides is 1. The van der Waals surface area contributed by atoms with Gasteiger partial charge >= 0.3 is 0 Å². The molecule has 3 nitrogen and oxygen atoms in total. The summed E-state index contributed by atoms with van der Waals surface area (Å²) in [6.45, 7) is 0.0762. The Kier molecular flexibility index (Phi) is 4.15. The Balaban J connectivity index is 1.96. The first-order valence-corrected chi connectivity index (χ1v) is 6.26. The topological polar surface area (TPSA) is 49.3 Å². The minimum absolute atomic E-state index is 0.0415. The normalized spacial score (nSPS) is 16.5. The van der Waals surface area contributed by atoms with Crippen LogP contribution in [0.5, 0.6) is 0 Å². The Labute approximate surface area is 102 Å². The highest BCUT2D eigenvalue weighted by Crippen LogP contribution is 2.40. The molecule has 2 N–H and O–H groups in total. The molecule has 1 aromatic carbocycles. The summed E-state index contributed by atoms with van der Waals surface area (Å²) in [4.78, 5) is 11.7. The van der Waals surface area contributed by atoms with Crippen LogP contribution in [0.1, 0.15) is 37.3 Å². The van der Waals surface area contributed by atoms with Crippen LogP contribution in [-0.4, -0.2) is 17.6 Å². The van der Waals surface area contributed by atoms with E-state index >= 15 is 0 Å². The molecular weight excluding hydrogens is 214 g/mol. The predicted octanol–water partition coefficient (Wildman–Crippen LogP) is 2.03. The minimum atomic E-state index is 0.0415. The second kappa shape index (κ2) is 5.82. The van der Waals surface area contributed by atoms with Crippen molar-refractivity contribution in [3.63, 3.8) is 0 Å². The van der Waals surface area contributed by atoms with Crippen molar-refractivity contribution in [3.05, 3.63) is 35.9 Å². The van der Waals surface area contributed by atoms with E-state index in [2.05, 4.69) is 17.4 Å². The van der Waals surface area contributed by atoms with Gasteiger partial charge in [-0.05, 0) is 30.7 Å². The SMILES string of the molecule is O=C(CCCO)NC(c1ccccc1)C1CC1. The number of hydrogen-bond acceptors (Lipinski definition) is 2. The van der Waals surface area contributed by atoms with Crippen molar-refractivity contribution in [2.45, 2.75) is 31.7 Å². The highest BCUT2D eigenvalue weighted by Gasteiger charge is 2.33. The third-order valence-corrected chi connectivity index (χ3v) is 3.13. The van der Waals surface area contributed by atoms with Gasteiger partial charge < -0.3 is 10.4 Å². The first kappa shape index (κ1) is 12.1. The molecule has 1 fully saturated rings. The zero-order valence-corrected chi connectivity index (χ0v) is 9.93. The van der Waals surface area contributed by atoms with Crippen LogP contribution in [0.25, 0.3) is 0 Å². The number of nitrogens with one attached hydrogen (secondary N) is 1. The third kappa shape index (κ3) is 3.56. The van der Waals surface area contributed by atoms with Crippen molar-refractivity contribution in [2.75, 3.05) is 6.61 Å². The van der Waals surface area contributed by atoms with Gasteiger partial charge in [0.15, 0.2) is 0 Å². The molecule has 0 aromatic heterocycles. The first-order chi connectivity index (χ1) is 8.31. The summed E-state index contributed by atoms with van der Waals surface area (Å²) in [5.41, 5.74) is 1.19. The summed E-state index contributed by atoms with van der Waals surface area (Å²) in [6.07, 6.45) is 3.34. The zero-order chi connectivity index (χ0) is 12.1. The molecule has 92 valence electrons. The predicted molar refractivity (Wildman–Crippen MR) is 66.4 cm³/mol. The average molecular weight is 233 g/mol. The number of rotatable bonds is 6. The average Bonchev–Trinajstić information content (AvgIpc) is 3.19. The Morgan fingerprint density at radius 2 is 2.06 bits per heavy atom. The van der Waals surface area contributed by atoms with Crippen molar-refractivity contribution in [2.24, 2.45) is 5.92 Å². The Morgan fingerprint density at radius 1 is 1.35 bits per heavy atom. The van der Waals surface area contributed by atoms with E-state index in [1.165, 1.54) is 18.4 Å². The maximum absolute atomic E-state index is 11.7. The molecule has 0 heterocycles. The number of benzene rings is 1. The van der Waals surface area contributed by atoms with E-state index in [9.17, 15) is 4.79 Å². The van der Waals surface area contributed by atoms with E-state index in [4.69, 9.17) is 5.11 Å². The molecule has 2 rings (SSSR count). The van der Waals surface area contributed by atoms with E-state index in [0.717, 1.165) is 0 Å². The van der Waals surface area contributed by atoms with Gasteiger partial charge in [0.2, 0.25) is 5.91 Å². The molecule has 1 saturated carbocycles. The van der Waals surface area contributed by atoms with Gasteiger partial charge in [-0.15, -0.1) is 0 Å². The quantitative estimate of drug-likeness (QED) is 0.789. The van der Waals surface area contributed by atoms with Crippen LogP contribution in [0.3, 0.4) is 0 Å². The van der Waals surface area contributed by atoms with E-state index in [-0.39, 0.29) is 18.6 Å². The lowest BCUT2D eigenvalue weighted by molar-refractivity contribution is -0.122.